The number of alkyl halides is 1. The Morgan fingerprint density at radius 2 is 1.42 bits per heavy atom. The Balaban J connectivity index is 0.00000625. The molecule has 0 saturated carbocycles. The average molecular weight is 489 g/mol. The minimum Gasteiger partial charge on any atom is -1.00 e. The molecule has 0 amide bonds. The highest BCUT2D eigenvalue weighted by Gasteiger charge is 2.06. The summed E-state index contributed by atoms with van der Waals surface area (Å²) in [6.07, 6.45) is 17.5. The summed E-state index contributed by atoms with van der Waals surface area (Å²) in [6.45, 7) is 7.79. The van der Waals surface area contributed by atoms with Crippen molar-refractivity contribution in [3.05, 3.63) is 34.4 Å². The molecule has 150 valence electrons. The molecule has 0 aliphatic carbocycles. The van der Waals surface area contributed by atoms with Crippen LogP contribution in [0, 0.1) is 13.8 Å². The van der Waals surface area contributed by atoms with E-state index in [-0.39, 0.29) is 17.0 Å². The van der Waals surface area contributed by atoms with Gasteiger partial charge >= 0.3 is 0 Å². The maximum Gasteiger partial charge on any atom is 0.169 e. The van der Waals surface area contributed by atoms with Gasteiger partial charge in [-0.2, -0.15) is 0 Å². The van der Waals surface area contributed by atoms with Crippen molar-refractivity contribution < 1.29 is 22.0 Å². The van der Waals surface area contributed by atoms with Gasteiger partial charge in [-0.05, 0) is 49.4 Å². The maximum absolute atomic E-state index is 3.45. The second kappa shape index (κ2) is 17.0. The van der Waals surface area contributed by atoms with Crippen molar-refractivity contribution in [2.24, 2.45) is 0 Å². The van der Waals surface area contributed by atoms with Gasteiger partial charge in [0.1, 0.15) is 6.54 Å². The highest BCUT2D eigenvalue weighted by molar-refractivity contribution is 9.09. The third-order valence-corrected chi connectivity index (χ3v) is 5.63. The van der Waals surface area contributed by atoms with E-state index in [0.717, 1.165) is 11.9 Å². The molecule has 0 heterocycles. The van der Waals surface area contributed by atoms with Crippen LogP contribution in [0.5, 0.6) is 0 Å². The highest BCUT2D eigenvalue weighted by Crippen LogP contribution is 2.19. The molecule has 0 atom stereocenters. The zero-order valence-corrected chi connectivity index (χ0v) is 20.4. The molecular formula is C23H39Br2N. The van der Waals surface area contributed by atoms with Crippen LogP contribution in [-0.2, 0) is 6.42 Å². The van der Waals surface area contributed by atoms with Crippen molar-refractivity contribution in [1.29, 1.82) is 0 Å². The summed E-state index contributed by atoms with van der Waals surface area (Å²) in [7, 11) is 0. The molecule has 1 N–H and O–H groups in total. The predicted molar refractivity (Wildman–Crippen MR) is 116 cm³/mol. The Hall–Kier alpha value is -0.150. The quantitative estimate of drug-likeness (QED) is 0.235. The molecule has 26 heavy (non-hydrogen) atoms. The molecule has 0 unspecified atom stereocenters. The summed E-state index contributed by atoms with van der Waals surface area (Å²) in [5, 5.41) is 0.984. The fraction of sp³-hybridized carbons (Fsp3) is 0.696. The van der Waals surface area contributed by atoms with Crippen LogP contribution in [-0.4, -0.2) is 18.1 Å². The van der Waals surface area contributed by atoms with Gasteiger partial charge in [-0.3, -0.25) is 0 Å². The molecule has 3 heteroatoms. The molecule has 0 fully saturated rings. The zero-order chi connectivity index (χ0) is 18.3. The van der Waals surface area contributed by atoms with E-state index >= 15 is 0 Å². The number of hydrogen-bond donors (Lipinski definition) is 1. The minimum absolute atomic E-state index is 0. The summed E-state index contributed by atoms with van der Waals surface area (Å²) in [4.78, 5) is 3.35. The first-order valence-corrected chi connectivity index (χ1v) is 11.5. The van der Waals surface area contributed by atoms with Crippen LogP contribution in [0.25, 0.3) is 0 Å². The van der Waals surface area contributed by atoms with Gasteiger partial charge in [0.15, 0.2) is 6.21 Å². The maximum atomic E-state index is 3.45. The molecule has 0 aliphatic rings. The molecular weight excluding hydrogens is 450 g/mol. The van der Waals surface area contributed by atoms with Crippen LogP contribution in [0.3, 0.4) is 0 Å². The molecule has 1 rings (SSSR count). The highest BCUT2D eigenvalue weighted by atomic mass is 79.9. The SMILES string of the molecule is CCCCCCCCCCCCc1ccc(C=[NH+]CCBr)c(C)c1C.[Br-]. The molecule has 1 aromatic rings. The van der Waals surface area contributed by atoms with Gasteiger partial charge in [0.2, 0.25) is 0 Å². The lowest BCUT2D eigenvalue weighted by Crippen LogP contribution is -3.00. The van der Waals surface area contributed by atoms with Crippen LogP contribution in [0.15, 0.2) is 12.1 Å². The second-order valence-electron chi connectivity index (χ2n) is 7.28. The van der Waals surface area contributed by atoms with Crippen molar-refractivity contribution in [3.8, 4) is 0 Å². The van der Waals surface area contributed by atoms with Gasteiger partial charge in [0.05, 0.1) is 5.33 Å². The molecule has 0 spiro atoms. The summed E-state index contributed by atoms with van der Waals surface area (Å²) in [5.41, 5.74) is 5.76. The van der Waals surface area contributed by atoms with E-state index in [4.69, 9.17) is 0 Å². The Kier molecular flexibility index (Phi) is 16.9. The average Bonchev–Trinajstić information content (AvgIpc) is 2.62. The lowest BCUT2D eigenvalue weighted by Gasteiger charge is -2.10. The van der Waals surface area contributed by atoms with Gasteiger partial charge in [-0.15, -0.1) is 0 Å². The van der Waals surface area contributed by atoms with E-state index in [1.165, 1.54) is 92.9 Å². The lowest BCUT2D eigenvalue weighted by atomic mass is 9.95. The Morgan fingerprint density at radius 1 is 0.846 bits per heavy atom. The topological polar surface area (TPSA) is 14.0 Å². The van der Waals surface area contributed by atoms with Gasteiger partial charge < -0.3 is 17.0 Å². The van der Waals surface area contributed by atoms with E-state index in [2.05, 4.69) is 60.0 Å². The van der Waals surface area contributed by atoms with Crippen LogP contribution in [0.1, 0.15) is 93.4 Å². The summed E-state index contributed by atoms with van der Waals surface area (Å²) < 4.78 is 0. The van der Waals surface area contributed by atoms with Crippen LogP contribution >= 0.6 is 15.9 Å². The first kappa shape index (κ1) is 25.9. The van der Waals surface area contributed by atoms with Gasteiger partial charge in [-0.25, -0.2) is 4.99 Å². The monoisotopic (exact) mass is 487 g/mol. The third kappa shape index (κ3) is 10.9. The first-order chi connectivity index (χ1) is 12.2. The molecule has 0 bridgehead atoms. The van der Waals surface area contributed by atoms with Crippen molar-refractivity contribution in [2.75, 3.05) is 11.9 Å². The van der Waals surface area contributed by atoms with Crippen LogP contribution in [0.2, 0.25) is 0 Å². The third-order valence-electron chi connectivity index (χ3n) is 5.24. The van der Waals surface area contributed by atoms with Crippen molar-refractivity contribution in [2.45, 2.75) is 91.4 Å². The van der Waals surface area contributed by atoms with E-state index in [9.17, 15) is 0 Å². The molecule has 0 saturated heterocycles. The molecule has 0 aliphatic heterocycles. The number of aryl methyl sites for hydroxylation is 1. The number of nitrogens with one attached hydrogen (secondary N) is 1. The Bertz CT molecular complexity index is 497. The molecule has 0 radical (unpaired) electrons. The van der Waals surface area contributed by atoms with E-state index in [0.29, 0.717) is 0 Å². The van der Waals surface area contributed by atoms with Gasteiger partial charge in [0.25, 0.3) is 0 Å². The van der Waals surface area contributed by atoms with Crippen LogP contribution in [0.4, 0.5) is 0 Å². The zero-order valence-electron chi connectivity index (χ0n) is 17.2. The normalized spacial score (nSPS) is 11.1. The number of halogens is 2. The van der Waals surface area contributed by atoms with Gasteiger partial charge in [-0.1, -0.05) is 86.7 Å². The Morgan fingerprint density at radius 3 is 2.00 bits per heavy atom. The number of rotatable bonds is 14. The van der Waals surface area contributed by atoms with E-state index in [1.807, 2.05) is 0 Å². The largest absolute Gasteiger partial charge is 1.00 e. The Labute approximate surface area is 181 Å². The van der Waals surface area contributed by atoms with Crippen molar-refractivity contribution in [3.63, 3.8) is 0 Å². The number of hydrogen-bond acceptors (Lipinski definition) is 0. The van der Waals surface area contributed by atoms with Crippen molar-refractivity contribution >= 4 is 22.1 Å². The number of benzene rings is 1. The number of unbranched alkanes of at least 4 members (excludes halogenated alkanes) is 9. The van der Waals surface area contributed by atoms with E-state index in [1.54, 1.807) is 0 Å². The van der Waals surface area contributed by atoms with Crippen molar-refractivity contribution in [1.82, 2.24) is 0 Å². The smallest absolute Gasteiger partial charge is 0.169 e. The predicted octanol–water partition coefficient (Wildman–Crippen LogP) is 2.67. The standard InChI is InChI=1S/C23H38BrN.BrH/c1-4-5-6-7-8-9-10-11-12-13-14-22-15-16-23(19-25-18-17-24)21(3)20(22)2;/h15-16,19H,4-14,17-18H2,1-3H3;1H. The van der Waals surface area contributed by atoms with E-state index < -0.39 is 0 Å². The minimum atomic E-state index is 0. The fourth-order valence-electron chi connectivity index (χ4n) is 3.36. The van der Waals surface area contributed by atoms with Gasteiger partial charge in [0, 0.05) is 5.56 Å². The van der Waals surface area contributed by atoms with Crippen LogP contribution < -0.4 is 22.0 Å². The second-order valence-corrected chi connectivity index (χ2v) is 8.08. The molecule has 1 nitrogen and oxygen atoms in total. The molecule has 1 aromatic carbocycles. The summed E-state index contributed by atoms with van der Waals surface area (Å²) in [5.74, 6) is 0. The lowest BCUT2D eigenvalue weighted by molar-refractivity contribution is -0.444. The first-order valence-electron chi connectivity index (χ1n) is 10.4. The summed E-state index contributed by atoms with van der Waals surface area (Å²) in [6, 6.07) is 4.60. The molecule has 0 aromatic heterocycles. The summed E-state index contributed by atoms with van der Waals surface area (Å²) >= 11 is 3.45. The fourth-order valence-corrected chi connectivity index (χ4v) is 3.59.